The molecule has 0 atom stereocenters. The van der Waals surface area contributed by atoms with E-state index < -0.39 is 0 Å². The third-order valence-electron chi connectivity index (χ3n) is 1.40. The van der Waals surface area contributed by atoms with Gasteiger partial charge in [-0.1, -0.05) is 12.1 Å². The first-order valence-electron chi connectivity index (χ1n) is 2.91. The molecule has 2 rings (SSSR count). The first-order chi connectivity index (χ1) is 4.88. The lowest BCUT2D eigenvalue weighted by Crippen LogP contribution is -1.72. The van der Waals surface area contributed by atoms with E-state index in [1.54, 1.807) is 11.3 Å². The van der Waals surface area contributed by atoms with Gasteiger partial charge in [0.2, 0.25) is 0 Å². The van der Waals surface area contributed by atoms with E-state index >= 15 is 0 Å². The monoisotopic (exact) mass is 259 g/mol. The first-order valence-corrected chi connectivity index (χ1v) is 4.87. The van der Waals surface area contributed by atoms with Crippen molar-refractivity contribution in [3.8, 4) is 11.1 Å². The molecule has 0 aromatic carbocycles. The highest BCUT2D eigenvalue weighted by Crippen LogP contribution is 2.29. The number of hydrogen-bond acceptors (Lipinski definition) is 1. The number of rotatable bonds is 0. The van der Waals surface area contributed by atoms with Gasteiger partial charge >= 0.3 is 0 Å². The highest BCUT2D eigenvalue weighted by molar-refractivity contribution is 14.1. The maximum Gasteiger partial charge on any atom is 0.0731 e. The summed E-state index contributed by atoms with van der Waals surface area (Å²) in [5.41, 5.74) is 2.55. The van der Waals surface area contributed by atoms with Gasteiger partial charge in [-0.25, -0.2) is 0 Å². The summed E-state index contributed by atoms with van der Waals surface area (Å²) in [6.45, 7) is 0. The van der Waals surface area contributed by atoms with Gasteiger partial charge < -0.3 is 0 Å². The van der Waals surface area contributed by atoms with Crippen LogP contribution in [0.4, 0.5) is 0 Å². The van der Waals surface area contributed by atoms with Gasteiger partial charge in [-0.2, -0.15) is 0 Å². The quantitative estimate of drug-likeness (QED) is 0.637. The van der Waals surface area contributed by atoms with E-state index in [1.807, 2.05) is 6.07 Å². The molecular formula is C8H4IS. The maximum atomic E-state index is 3.16. The van der Waals surface area contributed by atoms with Gasteiger partial charge in [0.05, 0.1) is 2.88 Å². The normalized spacial score (nSPS) is 10.5. The molecule has 10 heavy (non-hydrogen) atoms. The Balaban J connectivity index is 2.80. The summed E-state index contributed by atoms with van der Waals surface area (Å²) in [6, 6.07) is 9.34. The third-order valence-corrected chi connectivity index (χ3v) is 3.44. The molecule has 1 aliphatic carbocycles. The zero-order chi connectivity index (χ0) is 6.97. The molecular weight excluding hydrogens is 255 g/mol. The summed E-state index contributed by atoms with van der Waals surface area (Å²) in [6.07, 6.45) is 0. The fourth-order valence-corrected chi connectivity index (χ4v) is 2.46. The number of halogens is 1. The van der Waals surface area contributed by atoms with Gasteiger partial charge in [0.25, 0.3) is 0 Å². The minimum absolute atomic E-state index is 1.23. The Bertz CT molecular complexity index is 313. The van der Waals surface area contributed by atoms with Crippen molar-refractivity contribution >= 4 is 33.9 Å². The first kappa shape index (κ1) is 6.61. The second-order valence-electron chi connectivity index (χ2n) is 2.00. The van der Waals surface area contributed by atoms with Crippen molar-refractivity contribution in [3.63, 3.8) is 0 Å². The molecule has 0 saturated carbocycles. The van der Waals surface area contributed by atoms with Crippen molar-refractivity contribution in [2.24, 2.45) is 0 Å². The van der Waals surface area contributed by atoms with Gasteiger partial charge in [-0.3, -0.25) is 0 Å². The van der Waals surface area contributed by atoms with Crippen LogP contribution in [0.1, 0.15) is 0 Å². The molecule has 2 aliphatic rings. The zero-order valence-electron chi connectivity index (χ0n) is 5.10. The van der Waals surface area contributed by atoms with Crippen LogP contribution in [0.5, 0.6) is 0 Å². The Morgan fingerprint density at radius 1 is 1.40 bits per heavy atom. The lowest BCUT2D eigenvalue weighted by Gasteiger charge is -1.97. The average molecular weight is 259 g/mol. The van der Waals surface area contributed by atoms with Crippen LogP contribution >= 0.6 is 33.9 Å². The average Bonchev–Trinajstić information content (AvgIpc) is 2.36. The minimum Gasteiger partial charge on any atom is -0.137 e. The molecule has 1 radical (unpaired) electrons. The van der Waals surface area contributed by atoms with E-state index in [1.165, 1.54) is 14.0 Å². The molecule has 1 heterocycles. The Morgan fingerprint density at radius 3 is 3.10 bits per heavy atom. The van der Waals surface area contributed by atoms with Crippen LogP contribution in [0.15, 0.2) is 23.6 Å². The molecule has 0 bridgehead atoms. The van der Waals surface area contributed by atoms with E-state index in [4.69, 9.17) is 0 Å². The summed E-state index contributed by atoms with van der Waals surface area (Å²) in [7, 11) is 0. The molecule has 0 saturated heterocycles. The summed E-state index contributed by atoms with van der Waals surface area (Å²) >= 11 is 4.12. The molecule has 0 fully saturated rings. The van der Waals surface area contributed by atoms with E-state index in [0.29, 0.717) is 0 Å². The zero-order valence-corrected chi connectivity index (χ0v) is 8.07. The molecule has 0 N–H and O–H groups in total. The molecule has 1 aliphatic heterocycles. The van der Waals surface area contributed by atoms with Crippen molar-refractivity contribution in [1.29, 1.82) is 0 Å². The Labute approximate surface area is 77.4 Å². The Hall–Kier alpha value is -0.0900. The predicted octanol–water partition coefficient (Wildman–Crippen LogP) is 3.26. The van der Waals surface area contributed by atoms with Crippen molar-refractivity contribution in [2.45, 2.75) is 0 Å². The summed E-state index contributed by atoms with van der Waals surface area (Å²) < 4.78 is 1.34. The van der Waals surface area contributed by atoms with Gasteiger partial charge in [0.15, 0.2) is 0 Å². The molecule has 0 amide bonds. The Kier molecular flexibility index (Phi) is 1.66. The molecule has 0 aromatic rings. The van der Waals surface area contributed by atoms with Crippen molar-refractivity contribution in [1.82, 2.24) is 0 Å². The van der Waals surface area contributed by atoms with Crippen LogP contribution in [-0.4, -0.2) is 0 Å². The van der Waals surface area contributed by atoms with Crippen molar-refractivity contribution < 1.29 is 0 Å². The standard InChI is InChI=1S/C8H4IS/c9-8-7-3-1-2-6(7)4-5-10-8/h1,3-5H. The van der Waals surface area contributed by atoms with Crippen LogP contribution < -0.4 is 0 Å². The van der Waals surface area contributed by atoms with E-state index in [2.05, 4.69) is 46.2 Å². The SMILES string of the molecule is Ic1sccc2[c]ccc1-2. The fraction of sp³-hybridized carbons (Fsp3) is 0. The van der Waals surface area contributed by atoms with E-state index in [9.17, 15) is 0 Å². The topological polar surface area (TPSA) is 0 Å². The largest absolute Gasteiger partial charge is 0.137 e. The number of fused-ring (bicyclic) bond motifs is 1. The molecule has 0 spiro atoms. The van der Waals surface area contributed by atoms with E-state index in [-0.39, 0.29) is 0 Å². The summed E-state index contributed by atoms with van der Waals surface area (Å²) in [4.78, 5) is 0. The van der Waals surface area contributed by atoms with Crippen LogP contribution in [0.25, 0.3) is 11.1 Å². The predicted molar refractivity (Wildman–Crippen MR) is 52.5 cm³/mol. The minimum atomic E-state index is 1.23. The van der Waals surface area contributed by atoms with Crippen molar-refractivity contribution in [3.05, 3.63) is 32.5 Å². The Morgan fingerprint density at radius 2 is 2.30 bits per heavy atom. The molecule has 49 valence electrons. The fourth-order valence-electron chi connectivity index (χ4n) is 0.917. The van der Waals surface area contributed by atoms with E-state index in [0.717, 1.165) is 0 Å². The second kappa shape index (κ2) is 2.51. The maximum absolute atomic E-state index is 3.16. The molecule has 2 heteroatoms. The lowest BCUT2D eigenvalue weighted by molar-refractivity contribution is 1.80. The smallest absolute Gasteiger partial charge is 0.0731 e. The highest BCUT2D eigenvalue weighted by atomic mass is 127. The van der Waals surface area contributed by atoms with Gasteiger partial charge in [0.1, 0.15) is 0 Å². The van der Waals surface area contributed by atoms with Crippen LogP contribution in [0, 0.1) is 8.95 Å². The molecule has 0 unspecified atom stereocenters. The molecule has 0 aromatic heterocycles. The third kappa shape index (κ3) is 0.953. The summed E-state index contributed by atoms with van der Waals surface area (Å²) in [5, 5.41) is 2.10. The second-order valence-corrected chi connectivity index (χ2v) is 4.73. The summed E-state index contributed by atoms with van der Waals surface area (Å²) in [5.74, 6) is 0. The van der Waals surface area contributed by atoms with Crippen LogP contribution in [0.2, 0.25) is 0 Å². The van der Waals surface area contributed by atoms with Gasteiger partial charge in [-0.15, -0.1) is 11.3 Å². The van der Waals surface area contributed by atoms with Gasteiger partial charge in [-0.05, 0) is 45.7 Å². The number of hydrogen-bond donors (Lipinski definition) is 0. The van der Waals surface area contributed by atoms with Gasteiger partial charge in [0, 0.05) is 5.56 Å². The lowest BCUT2D eigenvalue weighted by atomic mass is 10.2. The van der Waals surface area contributed by atoms with Crippen LogP contribution in [0.3, 0.4) is 0 Å². The highest BCUT2D eigenvalue weighted by Gasteiger charge is 2.04. The van der Waals surface area contributed by atoms with Crippen LogP contribution in [-0.2, 0) is 0 Å². The molecule has 0 nitrogen and oxygen atoms in total. The van der Waals surface area contributed by atoms with Crippen molar-refractivity contribution in [2.75, 3.05) is 0 Å².